The van der Waals surface area contributed by atoms with Crippen molar-refractivity contribution in [2.24, 2.45) is 28.6 Å². The van der Waals surface area contributed by atoms with E-state index in [1.165, 1.54) is 11.1 Å². The van der Waals surface area contributed by atoms with Gasteiger partial charge in [-0.1, -0.05) is 37.6 Å². The molecule has 4 aliphatic carbocycles. The Kier molecular flexibility index (Phi) is 2.53. The molecule has 1 N–H and O–H groups in total. The largest absolute Gasteiger partial charge is 0.396 e. The third kappa shape index (κ3) is 1.37. The second kappa shape index (κ2) is 3.99. The van der Waals surface area contributed by atoms with Crippen molar-refractivity contribution < 1.29 is 10.0 Å². The van der Waals surface area contributed by atoms with Gasteiger partial charge in [0, 0.05) is 18.7 Å². The fourth-order valence-corrected chi connectivity index (χ4v) is 6.24. The normalized spacial score (nSPS) is 44.6. The van der Waals surface area contributed by atoms with Crippen LogP contribution in [0.3, 0.4) is 0 Å². The highest BCUT2D eigenvalue weighted by molar-refractivity contribution is 5.49. The molecule has 22 heavy (non-hydrogen) atoms. The van der Waals surface area contributed by atoms with Crippen molar-refractivity contribution in [2.75, 3.05) is 6.61 Å². The van der Waals surface area contributed by atoms with Crippen LogP contribution in [0.25, 0.3) is 0 Å². The van der Waals surface area contributed by atoms with Crippen molar-refractivity contribution >= 4 is 5.69 Å². The van der Waals surface area contributed by atoms with E-state index in [9.17, 15) is 15.2 Å². The molecule has 1 aromatic rings. The number of nitro benzene ring substituents is 1. The lowest BCUT2D eigenvalue weighted by molar-refractivity contribution is -0.384. The molecule has 0 heterocycles. The Labute approximate surface area is 130 Å². The predicted octanol–water partition coefficient (Wildman–Crippen LogP) is 3.52. The van der Waals surface area contributed by atoms with Gasteiger partial charge in [0.2, 0.25) is 0 Å². The average Bonchev–Trinajstić information content (AvgIpc) is 3.01. The molecular formula is C18H21NO3. The number of hydrogen-bond donors (Lipinski definition) is 1. The fraction of sp³-hybridized carbons (Fsp3) is 0.556. The van der Waals surface area contributed by atoms with Gasteiger partial charge in [0.15, 0.2) is 0 Å². The number of benzene rings is 1. The molecule has 2 saturated carbocycles. The number of non-ortho nitro benzene ring substituents is 1. The van der Waals surface area contributed by atoms with Gasteiger partial charge in [-0.3, -0.25) is 10.1 Å². The number of nitro groups is 1. The highest BCUT2D eigenvalue weighted by atomic mass is 16.6. The summed E-state index contributed by atoms with van der Waals surface area (Å²) in [4.78, 5) is 10.5. The van der Waals surface area contributed by atoms with Crippen LogP contribution in [-0.2, 0) is 0 Å². The minimum Gasteiger partial charge on any atom is -0.396 e. The maximum Gasteiger partial charge on any atom is 0.269 e. The first-order valence-corrected chi connectivity index (χ1v) is 7.90. The lowest BCUT2D eigenvalue weighted by Crippen LogP contribution is -2.38. The second-order valence-electron chi connectivity index (χ2n) is 7.69. The quantitative estimate of drug-likeness (QED) is 0.527. The molecule has 4 bridgehead atoms. The summed E-state index contributed by atoms with van der Waals surface area (Å²) in [7, 11) is 0. The number of hydrogen-bond acceptors (Lipinski definition) is 3. The van der Waals surface area contributed by atoms with Crippen LogP contribution in [0.4, 0.5) is 5.69 Å². The fourth-order valence-electron chi connectivity index (χ4n) is 6.24. The third-order valence-corrected chi connectivity index (χ3v) is 6.78. The zero-order chi connectivity index (χ0) is 15.9. The smallest absolute Gasteiger partial charge is 0.269 e. The predicted molar refractivity (Wildman–Crippen MR) is 83.4 cm³/mol. The maximum absolute atomic E-state index is 10.9. The molecule has 0 radical (unpaired) electrons. The molecule has 0 amide bonds. The van der Waals surface area contributed by atoms with Crippen molar-refractivity contribution in [2.45, 2.75) is 26.7 Å². The summed E-state index contributed by atoms with van der Waals surface area (Å²) in [5.74, 6) is 1.74. The lowest BCUT2D eigenvalue weighted by atomic mass is 9.59. The minimum atomic E-state index is -0.353. The first kappa shape index (κ1) is 13.9. The Balaban J connectivity index is 1.81. The summed E-state index contributed by atoms with van der Waals surface area (Å²) in [6, 6.07) is 7.03. The number of aliphatic hydroxyl groups is 1. The molecule has 6 atom stereocenters. The van der Waals surface area contributed by atoms with Gasteiger partial charge in [0.25, 0.3) is 5.69 Å². The molecule has 0 saturated heterocycles. The lowest BCUT2D eigenvalue weighted by Gasteiger charge is -2.45. The molecule has 0 aromatic heterocycles. The van der Waals surface area contributed by atoms with Crippen molar-refractivity contribution in [3.05, 3.63) is 51.6 Å². The molecule has 0 aliphatic heterocycles. The standard InChI is InChI=1S/C18H21NO3/c1-10-8-17(2)13(9-20)15-14(10)18(15,3)16(17)11-4-6-12(7-5-11)19(21)22/h4-8,13-16,20H,9H2,1-3H3/t13-,14+,15-,16+,17-,18+/m0/s1. The summed E-state index contributed by atoms with van der Waals surface area (Å²) in [6.07, 6.45) is 2.36. The highest BCUT2D eigenvalue weighted by Gasteiger charge is 2.80. The number of aliphatic hydroxyl groups excluding tert-OH is 1. The maximum atomic E-state index is 10.9. The Hall–Kier alpha value is -1.68. The van der Waals surface area contributed by atoms with Crippen molar-refractivity contribution in [1.82, 2.24) is 0 Å². The Bertz CT molecular complexity index is 695. The van der Waals surface area contributed by atoms with Crippen LogP contribution in [0.5, 0.6) is 0 Å². The van der Waals surface area contributed by atoms with Crippen molar-refractivity contribution in [3.8, 4) is 0 Å². The van der Waals surface area contributed by atoms with Crippen LogP contribution in [0.2, 0.25) is 0 Å². The first-order valence-electron chi connectivity index (χ1n) is 7.90. The zero-order valence-corrected chi connectivity index (χ0v) is 13.1. The molecule has 4 heteroatoms. The molecule has 2 fully saturated rings. The zero-order valence-electron chi connectivity index (χ0n) is 13.1. The van der Waals surface area contributed by atoms with Crippen LogP contribution in [0.1, 0.15) is 32.3 Å². The summed E-state index contributed by atoms with van der Waals surface area (Å²) >= 11 is 0. The SMILES string of the molecule is CC1=C[C@]2(C)[C@@H](c3ccc([N+](=O)[O-])cc3)[C@@]3(C)[C@H]([C@@H]13)[C@@H]2CO. The van der Waals surface area contributed by atoms with E-state index in [-0.39, 0.29) is 28.0 Å². The summed E-state index contributed by atoms with van der Waals surface area (Å²) in [5, 5.41) is 20.8. The molecule has 116 valence electrons. The number of rotatable bonds is 3. The summed E-state index contributed by atoms with van der Waals surface area (Å²) < 4.78 is 0. The molecule has 4 aliphatic rings. The molecule has 5 rings (SSSR count). The van der Waals surface area contributed by atoms with Gasteiger partial charge in [0.05, 0.1) is 4.92 Å². The summed E-state index contributed by atoms with van der Waals surface area (Å²) in [6.45, 7) is 7.01. The highest BCUT2D eigenvalue weighted by Crippen LogP contribution is 2.85. The van der Waals surface area contributed by atoms with E-state index in [1.807, 2.05) is 12.1 Å². The Morgan fingerprint density at radius 3 is 2.45 bits per heavy atom. The van der Waals surface area contributed by atoms with Crippen LogP contribution < -0.4 is 0 Å². The van der Waals surface area contributed by atoms with Gasteiger partial charge in [-0.15, -0.1) is 0 Å². The Morgan fingerprint density at radius 1 is 1.27 bits per heavy atom. The second-order valence-corrected chi connectivity index (χ2v) is 7.69. The topological polar surface area (TPSA) is 63.4 Å². The monoisotopic (exact) mass is 299 g/mol. The van der Waals surface area contributed by atoms with Crippen LogP contribution >= 0.6 is 0 Å². The number of nitrogens with zero attached hydrogens (tertiary/aromatic N) is 1. The molecule has 0 spiro atoms. The Morgan fingerprint density at radius 2 is 1.91 bits per heavy atom. The molecule has 4 nitrogen and oxygen atoms in total. The van der Waals surface area contributed by atoms with Crippen LogP contribution in [-0.4, -0.2) is 16.6 Å². The van der Waals surface area contributed by atoms with E-state index in [1.54, 1.807) is 12.1 Å². The number of allylic oxidation sites excluding steroid dienone is 2. The van der Waals surface area contributed by atoms with Crippen molar-refractivity contribution in [1.29, 1.82) is 0 Å². The third-order valence-electron chi connectivity index (χ3n) is 6.78. The van der Waals surface area contributed by atoms with Gasteiger partial charge in [0.1, 0.15) is 0 Å². The van der Waals surface area contributed by atoms with Gasteiger partial charge >= 0.3 is 0 Å². The first-order chi connectivity index (χ1) is 10.4. The van der Waals surface area contributed by atoms with Crippen molar-refractivity contribution in [3.63, 3.8) is 0 Å². The van der Waals surface area contributed by atoms with E-state index in [0.717, 1.165) is 0 Å². The van der Waals surface area contributed by atoms with Gasteiger partial charge in [-0.2, -0.15) is 0 Å². The molecular weight excluding hydrogens is 278 g/mol. The van der Waals surface area contributed by atoms with Gasteiger partial charge in [-0.05, 0) is 47.0 Å². The van der Waals surface area contributed by atoms with Crippen LogP contribution in [0, 0.1) is 38.7 Å². The van der Waals surface area contributed by atoms with E-state index >= 15 is 0 Å². The van der Waals surface area contributed by atoms with E-state index in [4.69, 9.17) is 0 Å². The molecule has 1 aromatic carbocycles. The minimum absolute atomic E-state index is 0.0524. The molecule has 0 unspecified atom stereocenters. The average molecular weight is 299 g/mol. The van der Waals surface area contributed by atoms with E-state index in [2.05, 4.69) is 26.8 Å². The summed E-state index contributed by atoms with van der Waals surface area (Å²) in [5.41, 5.74) is 2.90. The van der Waals surface area contributed by atoms with Crippen LogP contribution in [0.15, 0.2) is 35.9 Å². The van der Waals surface area contributed by atoms with Gasteiger partial charge in [-0.25, -0.2) is 0 Å². The van der Waals surface area contributed by atoms with E-state index < -0.39 is 0 Å². The van der Waals surface area contributed by atoms with E-state index in [0.29, 0.717) is 23.7 Å². The van der Waals surface area contributed by atoms with Gasteiger partial charge < -0.3 is 5.11 Å².